The van der Waals surface area contributed by atoms with Gasteiger partial charge in [-0.15, -0.1) is 11.8 Å². The predicted octanol–water partition coefficient (Wildman–Crippen LogP) is 4.26. The SMILES string of the molecule is C[C@H](SCC(=O)Nc1ccccc1F)c1ccccc1. The minimum atomic E-state index is -0.415. The van der Waals surface area contributed by atoms with E-state index in [1.807, 2.05) is 30.3 Å². The Hall–Kier alpha value is -1.81. The number of hydrogen-bond acceptors (Lipinski definition) is 2. The first-order valence-corrected chi connectivity index (χ1v) is 7.42. The molecule has 0 fully saturated rings. The summed E-state index contributed by atoms with van der Waals surface area (Å²) in [7, 11) is 0. The number of halogens is 1. The van der Waals surface area contributed by atoms with E-state index < -0.39 is 5.82 Å². The molecular weight excluding hydrogens is 273 g/mol. The van der Waals surface area contributed by atoms with Gasteiger partial charge in [-0.3, -0.25) is 4.79 Å². The Kier molecular flexibility index (Phi) is 5.18. The van der Waals surface area contributed by atoms with Gasteiger partial charge in [0.05, 0.1) is 11.4 Å². The van der Waals surface area contributed by atoms with Crippen molar-refractivity contribution in [3.63, 3.8) is 0 Å². The molecule has 4 heteroatoms. The Morgan fingerprint density at radius 3 is 2.50 bits per heavy atom. The molecule has 0 aliphatic carbocycles. The average molecular weight is 289 g/mol. The van der Waals surface area contributed by atoms with Crippen LogP contribution in [0.5, 0.6) is 0 Å². The lowest BCUT2D eigenvalue weighted by molar-refractivity contribution is -0.113. The summed E-state index contributed by atoms with van der Waals surface area (Å²) in [4.78, 5) is 11.8. The summed E-state index contributed by atoms with van der Waals surface area (Å²) in [6.07, 6.45) is 0. The molecule has 0 unspecified atom stereocenters. The van der Waals surface area contributed by atoms with Crippen LogP contribution in [-0.4, -0.2) is 11.7 Å². The third-order valence-electron chi connectivity index (χ3n) is 2.88. The lowest BCUT2D eigenvalue weighted by Crippen LogP contribution is -2.15. The van der Waals surface area contributed by atoms with Gasteiger partial charge >= 0.3 is 0 Å². The van der Waals surface area contributed by atoms with Crippen molar-refractivity contribution in [2.45, 2.75) is 12.2 Å². The summed E-state index contributed by atoms with van der Waals surface area (Å²) in [5.41, 5.74) is 1.40. The highest BCUT2D eigenvalue weighted by molar-refractivity contribution is 8.00. The Balaban J connectivity index is 1.85. The molecule has 0 aromatic heterocycles. The first kappa shape index (κ1) is 14.6. The number of anilines is 1. The zero-order valence-electron chi connectivity index (χ0n) is 11.2. The van der Waals surface area contributed by atoms with Crippen molar-refractivity contribution in [1.82, 2.24) is 0 Å². The number of carbonyl (C=O) groups is 1. The lowest BCUT2D eigenvalue weighted by Gasteiger charge is -2.11. The molecule has 0 aliphatic heterocycles. The van der Waals surface area contributed by atoms with Crippen molar-refractivity contribution in [3.05, 3.63) is 66.0 Å². The van der Waals surface area contributed by atoms with E-state index in [4.69, 9.17) is 0 Å². The predicted molar refractivity (Wildman–Crippen MR) is 82.3 cm³/mol. The van der Waals surface area contributed by atoms with Gasteiger partial charge in [-0.2, -0.15) is 0 Å². The van der Waals surface area contributed by atoms with Gasteiger partial charge in [0.2, 0.25) is 5.91 Å². The van der Waals surface area contributed by atoms with Gasteiger partial charge in [0.15, 0.2) is 0 Å². The fourth-order valence-corrected chi connectivity index (χ4v) is 2.59. The molecule has 1 amide bonds. The minimum Gasteiger partial charge on any atom is -0.323 e. The summed E-state index contributed by atoms with van der Waals surface area (Å²) >= 11 is 1.53. The molecule has 0 aliphatic rings. The maximum Gasteiger partial charge on any atom is 0.234 e. The Morgan fingerprint density at radius 1 is 1.15 bits per heavy atom. The second-order valence-electron chi connectivity index (χ2n) is 4.39. The number of benzene rings is 2. The van der Waals surface area contributed by atoms with E-state index in [2.05, 4.69) is 12.2 Å². The number of nitrogens with one attached hydrogen (secondary N) is 1. The molecule has 0 radical (unpaired) electrons. The van der Waals surface area contributed by atoms with Crippen LogP contribution in [0.4, 0.5) is 10.1 Å². The van der Waals surface area contributed by atoms with Gasteiger partial charge < -0.3 is 5.32 Å². The highest BCUT2D eigenvalue weighted by Gasteiger charge is 2.10. The van der Waals surface area contributed by atoms with Crippen LogP contribution in [0.3, 0.4) is 0 Å². The third kappa shape index (κ3) is 4.10. The van der Waals surface area contributed by atoms with Crippen LogP contribution in [0.15, 0.2) is 54.6 Å². The Labute approximate surface area is 122 Å². The Bertz CT molecular complexity index is 574. The second-order valence-corrected chi connectivity index (χ2v) is 5.72. The van der Waals surface area contributed by atoms with Gasteiger partial charge in [-0.05, 0) is 24.6 Å². The normalized spacial score (nSPS) is 11.9. The van der Waals surface area contributed by atoms with E-state index in [9.17, 15) is 9.18 Å². The van der Waals surface area contributed by atoms with Crippen molar-refractivity contribution in [2.24, 2.45) is 0 Å². The number of para-hydroxylation sites is 1. The van der Waals surface area contributed by atoms with Gasteiger partial charge in [0.25, 0.3) is 0 Å². The number of hydrogen-bond donors (Lipinski definition) is 1. The van der Waals surface area contributed by atoms with Gasteiger partial charge in [-0.25, -0.2) is 4.39 Å². The summed E-state index contributed by atoms with van der Waals surface area (Å²) in [5, 5.41) is 2.81. The Morgan fingerprint density at radius 2 is 1.80 bits per heavy atom. The first-order valence-electron chi connectivity index (χ1n) is 6.38. The molecule has 0 bridgehead atoms. The van der Waals surface area contributed by atoms with E-state index in [0.29, 0.717) is 5.75 Å². The molecular formula is C16H16FNOS. The van der Waals surface area contributed by atoms with Crippen LogP contribution in [0.2, 0.25) is 0 Å². The molecule has 1 N–H and O–H groups in total. The van der Waals surface area contributed by atoms with Crippen molar-refractivity contribution < 1.29 is 9.18 Å². The number of carbonyl (C=O) groups excluding carboxylic acids is 1. The standard InChI is InChI=1S/C16H16FNOS/c1-12(13-7-3-2-4-8-13)20-11-16(19)18-15-10-6-5-9-14(15)17/h2-10,12H,11H2,1H3,(H,18,19)/t12-/m0/s1. The molecule has 0 saturated heterocycles. The van der Waals surface area contributed by atoms with Crippen LogP contribution < -0.4 is 5.32 Å². The molecule has 104 valence electrons. The maximum atomic E-state index is 13.4. The van der Waals surface area contributed by atoms with Crippen LogP contribution in [0.25, 0.3) is 0 Å². The number of thioether (sulfide) groups is 1. The molecule has 0 saturated carbocycles. The smallest absolute Gasteiger partial charge is 0.234 e. The highest BCUT2D eigenvalue weighted by Crippen LogP contribution is 2.27. The van der Waals surface area contributed by atoms with Crippen molar-refractivity contribution in [2.75, 3.05) is 11.1 Å². The molecule has 20 heavy (non-hydrogen) atoms. The van der Waals surface area contributed by atoms with Crippen LogP contribution in [-0.2, 0) is 4.79 Å². The third-order valence-corrected chi connectivity index (χ3v) is 4.08. The van der Waals surface area contributed by atoms with E-state index in [-0.39, 0.29) is 16.8 Å². The maximum absolute atomic E-state index is 13.4. The van der Waals surface area contributed by atoms with Crippen LogP contribution in [0.1, 0.15) is 17.7 Å². The summed E-state index contributed by atoms with van der Waals surface area (Å²) < 4.78 is 13.4. The lowest BCUT2D eigenvalue weighted by atomic mass is 10.2. The number of amides is 1. The van der Waals surface area contributed by atoms with Gasteiger partial charge in [-0.1, -0.05) is 42.5 Å². The van der Waals surface area contributed by atoms with E-state index in [1.165, 1.54) is 23.4 Å². The zero-order valence-corrected chi connectivity index (χ0v) is 12.0. The molecule has 2 aromatic carbocycles. The molecule has 0 spiro atoms. The topological polar surface area (TPSA) is 29.1 Å². The van der Waals surface area contributed by atoms with Crippen molar-refractivity contribution in [3.8, 4) is 0 Å². The highest BCUT2D eigenvalue weighted by atomic mass is 32.2. The average Bonchev–Trinajstić information content (AvgIpc) is 2.48. The van der Waals surface area contributed by atoms with Crippen molar-refractivity contribution >= 4 is 23.4 Å². The minimum absolute atomic E-state index is 0.192. The first-order chi connectivity index (χ1) is 9.66. The summed E-state index contributed by atoms with van der Waals surface area (Å²) in [6, 6.07) is 16.2. The van der Waals surface area contributed by atoms with Crippen LogP contribution >= 0.6 is 11.8 Å². The largest absolute Gasteiger partial charge is 0.323 e. The van der Waals surface area contributed by atoms with Gasteiger partial charge in [0.1, 0.15) is 5.82 Å². The van der Waals surface area contributed by atoms with Crippen molar-refractivity contribution in [1.29, 1.82) is 0 Å². The quantitative estimate of drug-likeness (QED) is 0.891. The zero-order chi connectivity index (χ0) is 14.4. The molecule has 1 atom stereocenters. The molecule has 2 rings (SSSR count). The van der Waals surface area contributed by atoms with E-state index in [1.54, 1.807) is 18.2 Å². The molecule has 2 aromatic rings. The molecule has 0 heterocycles. The van der Waals surface area contributed by atoms with Gasteiger partial charge in [0, 0.05) is 5.25 Å². The monoisotopic (exact) mass is 289 g/mol. The fraction of sp³-hybridized carbons (Fsp3) is 0.188. The fourth-order valence-electron chi connectivity index (χ4n) is 1.77. The second kappa shape index (κ2) is 7.10. The van der Waals surface area contributed by atoms with Crippen LogP contribution in [0, 0.1) is 5.82 Å². The van der Waals surface area contributed by atoms with E-state index >= 15 is 0 Å². The summed E-state index contributed by atoms with van der Waals surface area (Å²) in [5.74, 6) is -0.311. The molecule has 2 nitrogen and oxygen atoms in total. The van der Waals surface area contributed by atoms with E-state index in [0.717, 1.165) is 0 Å². The number of rotatable bonds is 5. The summed E-state index contributed by atoms with van der Waals surface area (Å²) in [6.45, 7) is 2.05.